The lowest BCUT2D eigenvalue weighted by molar-refractivity contribution is 0.0519. The van der Waals surface area contributed by atoms with Gasteiger partial charge in [0.1, 0.15) is 23.0 Å². The molecular weight excluding hydrogens is 465 g/mol. The van der Waals surface area contributed by atoms with Crippen LogP contribution in [0.4, 0.5) is 4.79 Å². The van der Waals surface area contributed by atoms with E-state index in [1.807, 2.05) is 0 Å². The van der Waals surface area contributed by atoms with Crippen molar-refractivity contribution in [3.8, 4) is 5.88 Å². The summed E-state index contributed by atoms with van der Waals surface area (Å²) in [4.78, 5) is 30.0. The number of carbonyl (C=O) groups excluding carboxylic acids is 1. The molecule has 11 nitrogen and oxygen atoms in total. The molecule has 0 bridgehead atoms. The summed E-state index contributed by atoms with van der Waals surface area (Å²) < 4.78 is 20.2. The largest absolute Gasteiger partial charge is 0.473 e. The normalized spacial score (nSPS) is 11.2. The molecule has 170 valence electrons. The molecular formula is C19H19Cl2N5O6. The van der Waals surface area contributed by atoms with Gasteiger partial charge in [0.25, 0.3) is 22.9 Å². The number of H-pyrrole nitrogens is 1. The number of pyridine rings is 2. The Labute approximate surface area is 190 Å². The summed E-state index contributed by atoms with van der Waals surface area (Å²) in [7, 11) is 0. The molecule has 0 spiro atoms. The number of rotatable bonds is 4. The maximum absolute atomic E-state index is 11.4. The van der Waals surface area contributed by atoms with E-state index in [0.717, 1.165) is 0 Å². The molecule has 0 aromatic carbocycles. The zero-order valence-electron chi connectivity index (χ0n) is 17.3. The Kier molecular flexibility index (Phi) is 7.21. The smallest absolute Gasteiger partial charge is 0.407 e. The van der Waals surface area contributed by atoms with Crippen molar-refractivity contribution in [1.29, 1.82) is 0 Å². The fraction of sp³-hybridized carbons (Fsp3) is 0.316. The first-order valence-corrected chi connectivity index (χ1v) is 10.0. The highest BCUT2D eigenvalue weighted by Gasteiger charge is 2.16. The monoisotopic (exact) mass is 483 g/mol. The molecule has 0 aliphatic heterocycles. The van der Waals surface area contributed by atoms with Crippen LogP contribution in [0.3, 0.4) is 0 Å². The van der Waals surface area contributed by atoms with Gasteiger partial charge in [-0.2, -0.15) is 5.16 Å². The van der Waals surface area contributed by atoms with Gasteiger partial charge in [0.2, 0.25) is 0 Å². The summed E-state index contributed by atoms with van der Waals surface area (Å²) in [6.07, 6.45) is 2.38. The fourth-order valence-electron chi connectivity index (χ4n) is 2.33. The van der Waals surface area contributed by atoms with E-state index in [-0.39, 0.29) is 30.3 Å². The zero-order valence-corrected chi connectivity index (χ0v) is 18.8. The molecule has 0 atom stereocenters. The van der Waals surface area contributed by atoms with Crippen LogP contribution >= 0.6 is 23.2 Å². The third kappa shape index (κ3) is 6.34. The first-order valence-electron chi connectivity index (χ1n) is 9.26. The van der Waals surface area contributed by atoms with Crippen molar-refractivity contribution in [2.75, 3.05) is 13.2 Å². The van der Waals surface area contributed by atoms with Gasteiger partial charge in [-0.1, -0.05) is 23.2 Å². The van der Waals surface area contributed by atoms with Gasteiger partial charge in [-0.3, -0.25) is 4.79 Å². The molecule has 2 N–H and O–H groups in total. The minimum atomic E-state index is -0.532. The molecule has 4 rings (SSSR count). The average molecular weight is 484 g/mol. The molecule has 0 radical (unpaired) electrons. The van der Waals surface area contributed by atoms with Gasteiger partial charge in [-0.25, -0.2) is 14.8 Å². The minimum absolute atomic E-state index is 0.216. The van der Waals surface area contributed by atoms with Gasteiger partial charge in [-0.05, 0) is 38.1 Å². The topological polar surface area (TPSA) is 145 Å². The Bertz CT molecular complexity index is 1280. The summed E-state index contributed by atoms with van der Waals surface area (Å²) in [5.74, 6) is 0.283. The number of aromatic amines is 1. The number of hydrogen-bond donors (Lipinski definition) is 2. The van der Waals surface area contributed by atoms with E-state index in [1.54, 1.807) is 26.8 Å². The van der Waals surface area contributed by atoms with Crippen LogP contribution in [-0.4, -0.2) is 45.1 Å². The molecule has 4 aromatic rings. The fourth-order valence-corrected chi connectivity index (χ4v) is 2.64. The van der Waals surface area contributed by atoms with Gasteiger partial charge in [0, 0.05) is 12.4 Å². The van der Waals surface area contributed by atoms with Crippen LogP contribution in [0.15, 0.2) is 38.4 Å². The average Bonchev–Trinajstić information content (AvgIpc) is 3.28. The summed E-state index contributed by atoms with van der Waals surface area (Å²) >= 11 is 11.4. The van der Waals surface area contributed by atoms with Gasteiger partial charge in [0.15, 0.2) is 0 Å². The lowest BCUT2D eigenvalue weighted by Gasteiger charge is -2.19. The van der Waals surface area contributed by atoms with Gasteiger partial charge < -0.3 is 23.8 Å². The number of amides is 1. The highest BCUT2D eigenvalue weighted by Crippen LogP contribution is 2.25. The molecule has 0 unspecified atom stereocenters. The van der Waals surface area contributed by atoms with Crippen molar-refractivity contribution in [2.45, 2.75) is 26.4 Å². The number of halogens is 2. The maximum atomic E-state index is 11.4. The summed E-state index contributed by atoms with van der Waals surface area (Å²) in [5.41, 5.74) is -0.223. The third-order valence-electron chi connectivity index (χ3n) is 3.58. The van der Waals surface area contributed by atoms with E-state index < -0.39 is 11.7 Å². The first-order chi connectivity index (χ1) is 15.1. The van der Waals surface area contributed by atoms with Crippen molar-refractivity contribution in [2.24, 2.45) is 0 Å². The Morgan fingerprint density at radius 2 is 1.78 bits per heavy atom. The number of nitrogens with zero attached hydrogens (tertiary/aromatic N) is 3. The number of ether oxygens (including phenoxy) is 2. The van der Waals surface area contributed by atoms with E-state index in [9.17, 15) is 9.59 Å². The molecule has 4 aromatic heterocycles. The molecule has 1 amide bonds. The second-order valence-electron chi connectivity index (χ2n) is 7.31. The molecule has 0 saturated heterocycles. The van der Waals surface area contributed by atoms with Crippen molar-refractivity contribution in [1.82, 2.24) is 25.6 Å². The number of carbonyl (C=O) groups is 1. The number of nitrogens with one attached hydrogen (secondary N) is 2. The highest BCUT2D eigenvalue weighted by atomic mass is 35.5. The van der Waals surface area contributed by atoms with E-state index >= 15 is 0 Å². The molecule has 4 heterocycles. The van der Waals surface area contributed by atoms with Gasteiger partial charge in [-0.15, -0.1) is 0 Å². The van der Waals surface area contributed by atoms with Crippen LogP contribution in [0.2, 0.25) is 10.0 Å². The number of fused-ring (bicyclic) bond motifs is 2. The second kappa shape index (κ2) is 9.88. The van der Waals surface area contributed by atoms with Crippen molar-refractivity contribution < 1.29 is 23.3 Å². The van der Waals surface area contributed by atoms with E-state index in [0.29, 0.717) is 26.5 Å². The minimum Gasteiger partial charge on any atom is -0.473 e. The lowest BCUT2D eigenvalue weighted by Crippen LogP contribution is -2.34. The Balaban J connectivity index is 0.000000219. The summed E-state index contributed by atoms with van der Waals surface area (Å²) in [5, 5.41) is 10.3. The maximum Gasteiger partial charge on any atom is 0.407 e. The molecule has 32 heavy (non-hydrogen) atoms. The first kappa shape index (κ1) is 23.4. The van der Waals surface area contributed by atoms with Gasteiger partial charge >= 0.3 is 6.09 Å². The van der Waals surface area contributed by atoms with Crippen molar-refractivity contribution >= 4 is 51.5 Å². The number of alkyl carbamates (subject to hydrolysis) is 1. The predicted octanol–water partition coefficient (Wildman–Crippen LogP) is 3.95. The molecule has 0 fully saturated rings. The van der Waals surface area contributed by atoms with E-state index in [1.165, 1.54) is 18.5 Å². The lowest BCUT2D eigenvalue weighted by atomic mass is 10.2. The van der Waals surface area contributed by atoms with Crippen LogP contribution < -0.4 is 15.6 Å². The number of hydrogen-bond acceptors (Lipinski definition) is 9. The van der Waals surface area contributed by atoms with Crippen LogP contribution in [0.1, 0.15) is 20.8 Å². The Morgan fingerprint density at radius 1 is 1.12 bits per heavy atom. The Morgan fingerprint density at radius 3 is 2.47 bits per heavy atom. The SMILES string of the molecule is CC(C)(C)OC(=O)NCCOc1noc2ncc(Cl)cc12.O=c1[nH]oc2ncc(Cl)cc12. The molecule has 13 heteroatoms. The summed E-state index contributed by atoms with van der Waals surface area (Å²) in [6.45, 7) is 5.87. The summed E-state index contributed by atoms with van der Waals surface area (Å²) in [6, 6.07) is 3.16. The molecule has 0 saturated carbocycles. The Hall–Kier alpha value is -3.31. The van der Waals surface area contributed by atoms with Gasteiger partial charge in [0.05, 0.1) is 16.6 Å². The van der Waals surface area contributed by atoms with Crippen molar-refractivity contribution in [3.63, 3.8) is 0 Å². The highest BCUT2D eigenvalue weighted by molar-refractivity contribution is 6.31. The van der Waals surface area contributed by atoms with E-state index in [2.05, 4.69) is 25.6 Å². The van der Waals surface area contributed by atoms with E-state index in [4.69, 9.17) is 41.7 Å². The third-order valence-corrected chi connectivity index (χ3v) is 3.99. The second-order valence-corrected chi connectivity index (χ2v) is 8.18. The van der Waals surface area contributed by atoms with Crippen molar-refractivity contribution in [3.05, 3.63) is 44.9 Å². The molecule has 0 aliphatic rings. The zero-order chi connectivity index (χ0) is 23.3. The quantitative estimate of drug-likeness (QED) is 0.411. The van der Waals surface area contributed by atoms with Crippen LogP contribution in [0.25, 0.3) is 22.2 Å². The van der Waals surface area contributed by atoms with Crippen LogP contribution in [0, 0.1) is 0 Å². The standard InChI is InChI=1S/C13H16ClN3O4.C6H3ClN2O2/c1-13(2,3)20-12(18)15-4-5-19-11-9-6-8(14)7-16-10(9)21-17-11;7-3-1-4-5(10)9-11-6(4)8-2-3/h6-7H,4-5H2,1-3H3,(H,15,18);1-2H,(H,9,10). The predicted molar refractivity (Wildman–Crippen MR) is 116 cm³/mol. The van der Waals surface area contributed by atoms with Crippen LogP contribution in [-0.2, 0) is 4.74 Å². The number of aromatic nitrogens is 4. The van der Waals surface area contributed by atoms with Crippen LogP contribution in [0.5, 0.6) is 5.88 Å². The molecule has 0 aliphatic carbocycles.